The van der Waals surface area contributed by atoms with Crippen LogP contribution in [0.4, 0.5) is 5.69 Å². The molecule has 0 radical (unpaired) electrons. The van der Waals surface area contributed by atoms with Gasteiger partial charge >= 0.3 is 0 Å². The van der Waals surface area contributed by atoms with Gasteiger partial charge in [-0.25, -0.2) is 0 Å². The minimum absolute atomic E-state index is 0.0210. The predicted molar refractivity (Wildman–Crippen MR) is 70.4 cm³/mol. The Kier molecular flexibility index (Phi) is 4.34. The topological polar surface area (TPSA) is 29.1 Å². The zero-order valence-corrected chi connectivity index (χ0v) is 11.9. The van der Waals surface area contributed by atoms with Crippen LogP contribution < -0.4 is 5.32 Å². The number of nitrogens with one attached hydrogen (secondary N) is 1. The standard InChI is InChI=1S/C11H13Br2NO/c1-3-11(2,13)10(15)14-9-6-4-8(12)5-7-9/h4-7H,3H2,1-2H3,(H,14,15). The molecule has 1 aromatic rings. The van der Waals surface area contributed by atoms with Gasteiger partial charge in [-0.15, -0.1) is 0 Å². The second kappa shape index (κ2) is 5.12. The van der Waals surface area contributed by atoms with Crippen molar-refractivity contribution < 1.29 is 4.79 Å². The maximum Gasteiger partial charge on any atom is 0.240 e. The molecular formula is C11H13Br2NO. The molecule has 2 nitrogen and oxygen atoms in total. The van der Waals surface area contributed by atoms with Crippen LogP contribution in [0.25, 0.3) is 0 Å². The lowest BCUT2D eigenvalue weighted by Crippen LogP contribution is -2.33. The largest absolute Gasteiger partial charge is 0.325 e. The van der Waals surface area contributed by atoms with Crippen LogP contribution in [0.5, 0.6) is 0 Å². The average molecular weight is 335 g/mol. The fraction of sp³-hybridized carbons (Fsp3) is 0.364. The molecular weight excluding hydrogens is 322 g/mol. The number of amides is 1. The van der Waals surface area contributed by atoms with E-state index in [2.05, 4.69) is 37.2 Å². The van der Waals surface area contributed by atoms with Crippen molar-refractivity contribution in [2.24, 2.45) is 0 Å². The van der Waals surface area contributed by atoms with Gasteiger partial charge in [-0.1, -0.05) is 38.8 Å². The molecule has 1 aromatic carbocycles. The molecule has 0 aliphatic carbocycles. The number of alkyl halides is 1. The van der Waals surface area contributed by atoms with Crippen LogP contribution in [0.3, 0.4) is 0 Å². The highest BCUT2D eigenvalue weighted by atomic mass is 79.9. The molecule has 0 saturated heterocycles. The minimum Gasteiger partial charge on any atom is -0.325 e. The second-order valence-electron chi connectivity index (χ2n) is 3.51. The van der Waals surface area contributed by atoms with Gasteiger partial charge in [-0.3, -0.25) is 4.79 Å². The average Bonchev–Trinajstić information content (AvgIpc) is 2.21. The van der Waals surface area contributed by atoms with Crippen molar-refractivity contribution in [2.75, 3.05) is 5.32 Å². The summed E-state index contributed by atoms with van der Waals surface area (Å²) in [5.41, 5.74) is 0.808. The summed E-state index contributed by atoms with van der Waals surface area (Å²) < 4.78 is 0.498. The molecule has 0 fully saturated rings. The lowest BCUT2D eigenvalue weighted by molar-refractivity contribution is -0.117. The molecule has 0 aliphatic heterocycles. The van der Waals surface area contributed by atoms with Gasteiger partial charge < -0.3 is 5.32 Å². The van der Waals surface area contributed by atoms with Crippen LogP contribution in [0.2, 0.25) is 0 Å². The van der Waals surface area contributed by atoms with Gasteiger partial charge in [0.25, 0.3) is 0 Å². The molecule has 0 heterocycles. The third-order valence-electron chi connectivity index (χ3n) is 2.24. The van der Waals surface area contributed by atoms with Crippen molar-refractivity contribution in [2.45, 2.75) is 24.6 Å². The Morgan fingerprint density at radius 3 is 2.40 bits per heavy atom. The molecule has 4 heteroatoms. The first-order valence-corrected chi connectivity index (χ1v) is 6.30. The molecule has 1 rings (SSSR count). The number of rotatable bonds is 3. The maximum absolute atomic E-state index is 11.8. The summed E-state index contributed by atoms with van der Waals surface area (Å²) >= 11 is 6.74. The number of benzene rings is 1. The van der Waals surface area contributed by atoms with E-state index in [-0.39, 0.29) is 5.91 Å². The van der Waals surface area contributed by atoms with E-state index >= 15 is 0 Å². The molecule has 0 aliphatic rings. The summed E-state index contributed by atoms with van der Waals surface area (Å²) in [4.78, 5) is 11.8. The number of carbonyl (C=O) groups is 1. The number of anilines is 1. The van der Waals surface area contributed by atoms with Gasteiger partial charge in [0, 0.05) is 10.2 Å². The van der Waals surface area contributed by atoms with Crippen LogP contribution in [-0.2, 0) is 4.79 Å². The number of hydrogen-bond acceptors (Lipinski definition) is 1. The van der Waals surface area contributed by atoms with E-state index < -0.39 is 4.32 Å². The molecule has 1 atom stereocenters. The highest BCUT2D eigenvalue weighted by Crippen LogP contribution is 2.24. The Morgan fingerprint density at radius 2 is 1.93 bits per heavy atom. The number of hydrogen-bond donors (Lipinski definition) is 1. The molecule has 0 saturated carbocycles. The fourth-order valence-electron chi connectivity index (χ4n) is 0.955. The maximum atomic E-state index is 11.8. The van der Waals surface area contributed by atoms with Crippen LogP contribution in [0.15, 0.2) is 28.7 Å². The normalized spacial score (nSPS) is 14.4. The SMILES string of the molecule is CCC(C)(Br)C(=O)Nc1ccc(Br)cc1. The zero-order chi connectivity index (χ0) is 11.5. The summed E-state index contributed by atoms with van der Waals surface area (Å²) in [7, 11) is 0. The third-order valence-corrected chi connectivity index (χ3v) is 3.69. The Balaban J connectivity index is 2.71. The van der Waals surface area contributed by atoms with Crippen LogP contribution >= 0.6 is 31.9 Å². The first-order chi connectivity index (χ1) is 6.95. The van der Waals surface area contributed by atoms with Gasteiger partial charge in [0.05, 0.1) is 0 Å². The molecule has 0 bridgehead atoms. The van der Waals surface area contributed by atoms with Crippen LogP contribution in [-0.4, -0.2) is 10.2 Å². The quantitative estimate of drug-likeness (QED) is 0.833. The van der Waals surface area contributed by atoms with E-state index in [0.717, 1.165) is 16.6 Å². The molecule has 1 amide bonds. The number of carbonyl (C=O) groups excluding carboxylic acids is 1. The molecule has 15 heavy (non-hydrogen) atoms. The van der Waals surface area contributed by atoms with E-state index in [0.29, 0.717) is 0 Å². The van der Waals surface area contributed by atoms with Gasteiger partial charge in [0.2, 0.25) is 5.91 Å². The van der Waals surface area contributed by atoms with Crippen molar-refractivity contribution in [3.63, 3.8) is 0 Å². The highest BCUT2D eigenvalue weighted by Gasteiger charge is 2.27. The van der Waals surface area contributed by atoms with Crippen LogP contribution in [0.1, 0.15) is 20.3 Å². The number of halogens is 2. The summed E-state index contributed by atoms with van der Waals surface area (Å²) in [6.07, 6.45) is 0.745. The fourth-order valence-corrected chi connectivity index (χ4v) is 1.32. The highest BCUT2D eigenvalue weighted by molar-refractivity contribution is 9.10. The smallest absolute Gasteiger partial charge is 0.240 e. The van der Waals surface area contributed by atoms with E-state index in [4.69, 9.17) is 0 Å². The van der Waals surface area contributed by atoms with E-state index in [1.54, 1.807) is 0 Å². The monoisotopic (exact) mass is 333 g/mol. The Labute approximate surface area is 107 Å². The summed E-state index contributed by atoms with van der Waals surface area (Å²) in [5, 5.41) is 2.85. The lowest BCUT2D eigenvalue weighted by atomic mass is 10.1. The molecule has 82 valence electrons. The Bertz CT molecular complexity index is 346. The van der Waals surface area contributed by atoms with E-state index in [1.807, 2.05) is 38.1 Å². The Hall–Kier alpha value is -0.350. The second-order valence-corrected chi connectivity index (χ2v) is 6.18. The summed E-state index contributed by atoms with van der Waals surface area (Å²) in [6, 6.07) is 7.52. The predicted octanol–water partition coefficient (Wildman–Crippen LogP) is 3.95. The molecule has 1 N–H and O–H groups in total. The minimum atomic E-state index is -0.500. The summed E-state index contributed by atoms with van der Waals surface area (Å²) in [6.45, 7) is 3.83. The van der Waals surface area contributed by atoms with Crippen molar-refractivity contribution in [3.05, 3.63) is 28.7 Å². The van der Waals surface area contributed by atoms with E-state index in [1.165, 1.54) is 0 Å². The van der Waals surface area contributed by atoms with E-state index in [9.17, 15) is 4.79 Å². The summed E-state index contributed by atoms with van der Waals surface area (Å²) in [5.74, 6) is -0.0210. The van der Waals surface area contributed by atoms with Crippen LogP contribution in [0, 0.1) is 0 Å². The first kappa shape index (κ1) is 12.7. The lowest BCUT2D eigenvalue weighted by Gasteiger charge is -2.19. The van der Waals surface area contributed by atoms with Crippen molar-refractivity contribution in [3.8, 4) is 0 Å². The van der Waals surface area contributed by atoms with Gasteiger partial charge in [0.15, 0.2) is 0 Å². The molecule has 0 spiro atoms. The molecule has 0 aromatic heterocycles. The first-order valence-electron chi connectivity index (χ1n) is 4.71. The molecule has 1 unspecified atom stereocenters. The van der Waals surface area contributed by atoms with Gasteiger partial charge in [-0.2, -0.15) is 0 Å². The van der Waals surface area contributed by atoms with Gasteiger partial charge in [0.1, 0.15) is 4.32 Å². The van der Waals surface area contributed by atoms with Crippen molar-refractivity contribution in [1.82, 2.24) is 0 Å². The zero-order valence-electron chi connectivity index (χ0n) is 8.68. The van der Waals surface area contributed by atoms with Gasteiger partial charge in [-0.05, 0) is 37.6 Å². The third kappa shape index (κ3) is 3.61. The van der Waals surface area contributed by atoms with Crippen molar-refractivity contribution >= 4 is 43.5 Å². The Morgan fingerprint density at radius 1 is 1.40 bits per heavy atom. The van der Waals surface area contributed by atoms with Crippen molar-refractivity contribution in [1.29, 1.82) is 0 Å².